The molecule has 0 bridgehead atoms. The largest absolute Gasteiger partial charge is 0.315 e. The van der Waals surface area contributed by atoms with Crippen LogP contribution in [0.4, 0.5) is 0 Å². The van der Waals surface area contributed by atoms with E-state index in [1.807, 2.05) is 20.8 Å². The van der Waals surface area contributed by atoms with Crippen LogP contribution in [0.3, 0.4) is 0 Å². The van der Waals surface area contributed by atoms with Crippen molar-refractivity contribution in [1.29, 1.82) is 0 Å². The van der Waals surface area contributed by atoms with E-state index in [0.717, 1.165) is 25.8 Å². The molecule has 0 saturated heterocycles. The molecule has 0 aromatic carbocycles. The molecule has 1 N–H and O–H groups in total. The Bertz CT molecular complexity index is 286. The summed E-state index contributed by atoms with van der Waals surface area (Å²) >= 11 is 0. The van der Waals surface area contributed by atoms with Crippen molar-refractivity contribution in [1.82, 2.24) is 5.32 Å². The summed E-state index contributed by atoms with van der Waals surface area (Å²) in [7, 11) is -2.89. The molecule has 0 fully saturated rings. The van der Waals surface area contributed by atoms with E-state index in [1.165, 1.54) is 0 Å². The van der Waals surface area contributed by atoms with Crippen LogP contribution < -0.4 is 5.32 Å². The molecule has 0 saturated carbocycles. The lowest BCUT2D eigenvalue weighted by molar-refractivity contribution is 0.504. The smallest absolute Gasteiger partial charge is 0.153 e. The van der Waals surface area contributed by atoms with Crippen LogP contribution in [0.2, 0.25) is 0 Å². The number of hydrogen-bond donors (Lipinski definition) is 1. The topological polar surface area (TPSA) is 46.2 Å². The maximum Gasteiger partial charge on any atom is 0.153 e. The summed E-state index contributed by atoms with van der Waals surface area (Å²) in [6.07, 6.45) is 2.83. The summed E-state index contributed by atoms with van der Waals surface area (Å²) in [5, 5.41) is 3.12. The zero-order chi connectivity index (χ0) is 13.5. The molecule has 0 radical (unpaired) electrons. The van der Waals surface area contributed by atoms with Crippen LogP contribution in [0.1, 0.15) is 53.9 Å². The Morgan fingerprint density at radius 2 is 1.65 bits per heavy atom. The van der Waals surface area contributed by atoms with Gasteiger partial charge in [-0.25, -0.2) is 8.42 Å². The van der Waals surface area contributed by atoms with Gasteiger partial charge in [0.2, 0.25) is 0 Å². The molecule has 104 valence electrons. The zero-order valence-corrected chi connectivity index (χ0v) is 12.8. The van der Waals surface area contributed by atoms with Crippen LogP contribution in [0.25, 0.3) is 0 Å². The summed E-state index contributed by atoms with van der Waals surface area (Å²) in [4.78, 5) is 0. The standard InChI is InChI=1S/C13H29NO2S/c1-6-14-12(4)9-7-8-10-17(15,16)13(5)11(2)3/h11-14H,6-10H2,1-5H3. The average molecular weight is 263 g/mol. The highest BCUT2D eigenvalue weighted by atomic mass is 32.2. The van der Waals surface area contributed by atoms with Crippen molar-refractivity contribution < 1.29 is 8.42 Å². The molecule has 0 aromatic heterocycles. The fourth-order valence-corrected chi connectivity index (χ4v) is 3.61. The van der Waals surface area contributed by atoms with E-state index in [2.05, 4.69) is 19.2 Å². The normalized spacial score (nSPS) is 16.1. The molecule has 4 heteroatoms. The Balaban J connectivity index is 3.89. The molecule has 17 heavy (non-hydrogen) atoms. The van der Waals surface area contributed by atoms with Gasteiger partial charge in [-0.1, -0.05) is 27.2 Å². The molecule has 2 unspecified atom stereocenters. The molecule has 0 rings (SSSR count). The van der Waals surface area contributed by atoms with Crippen LogP contribution in [-0.4, -0.2) is 32.0 Å². The maximum absolute atomic E-state index is 11.9. The van der Waals surface area contributed by atoms with Crippen LogP contribution in [-0.2, 0) is 9.84 Å². The van der Waals surface area contributed by atoms with Gasteiger partial charge in [0.15, 0.2) is 9.84 Å². The maximum atomic E-state index is 11.9. The van der Waals surface area contributed by atoms with Gasteiger partial charge in [-0.15, -0.1) is 0 Å². The third kappa shape index (κ3) is 7.04. The van der Waals surface area contributed by atoms with E-state index in [0.29, 0.717) is 11.8 Å². The molecule has 2 atom stereocenters. The van der Waals surface area contributed by atoms with Crippen molar-refractivity contribution in [2.45, 2.75) is 65.2 Å². The number of unbranched alkanes of at least 4 members (excludes halogenated alkanes) is 1. The highest BCUT2D eigenvalue weighted by molar-refractivity contribution is 7.92. The first-order chi connectivity index (χ1) is 7.81. The van der Waals surface area contributed by atoms with Gasteiger partial charge in [0.1, 0.15) is 0 Å². The molecule has 0 aliphatic carbocycles. The molecule has 0 spiro atoms. The monoisotopic (exact) mass is 263 g/mol. The molecule has 3 nitrogen and oxygen atoms in total. The molecular formula is C13H29NO2S. The van der Waals surface area contributed by atoms with Crippen LogP contribution in [0, 0.1) is 5.92 Å². The van der Waals surface area contributed by atoms with Gasteiger partial charge < -0.3 is 5.32 Å². The van der Waals surface area contributed by atoms with Gasteiger partial charge in [0, 0.05) is 6.04 Å². The Morgan fingerprint density at radius 1 is 1.06 bits per heavy atom. The Hall–Kier alpha value is -0.0900. The SMILES string of the molecule is CCNC(C)CCCCS(=O)(=O)C(C)C(C)C. The molecule has 0 heterocycles. The lowest BCUT2D eigenvalue weighted by Crippen LogP contribution is -2.27. The quantitative estimate of drug-likeness (QED) is 0.650. The van der Waals surface area contributed by atoms with Gasteiger partial charge in [-0.2, -0.15) is 0 Å². The van der Waals surface area contributed by atoms with E-state index >= 15 is 0 Å². The van der Waals surface area contributed by atoms with Gasteiger partial charge in [0.05, 0.1) is 11.0 Å². The van der Waals surface area contributed by atoms with Crippen LogP contribution in [0.15, 0.2) is 0 Å². The minimum absolute atomic E-state index is 0.209. The second-order valence-electron chi connectivity index (χ2n) is 5.27. The Kier molecular flexibility index (Phi) is 8.05. The van der Waals surface area contributed by atoms with Gasteiger partial charge in [-0.3, -0.25) is 0 Å². The lowest BCUT2D eigenvalue weighted by Gasteiger charge is -2.17. The lowest BCUT2D eigenvalue weighted by atomic mass is 10.1. The summed E-state index contributed by atoms with van der Waals surface area (Å²) in [5.74, 6) is 0.547. The summed E-state index contributed by atoms with van der Waals surface area (Å²) in [6.45, 7) is 11.0. The minimum atomic E-state index is -2.89. The number of hydrogen-bond acceptors (Lipinski definition) is 3. The van der Waals surface area contributed by atoms with Crippen LogP contribution in [0.5, 0.6) is 0 Å². The summed E-state index contributed by atoms with van der Waals surface area (Å²) < 4.78 is 23.9. The number of nitrogens with one attached hydrogen (secondary N) is 1. The van der Waals surface area contributed by atoms with E-state index < -0.39 is 9.84 Å². The fraction of sp³-hybridized carbons (Fsp3) is 1.00. The Morgan fingerprint density at radius 3 is 2.12 bits per heavy atom. The van der Waals surface area contributed by atoms with E-state index in [-0.39, 0.29) is 11.2 Å². The molecule has 0 amide bonds. The van der Waals surface area contributed by atoms with Crippen molar-refractivity contribution in [3.63, 3.8) is 0 Å². The van der Waals surface area contributed by atoms with Crippen molar-refractivity contribution in [2.24, 2.45) is 5.92 Å². The first kappa shape index (κ1) is 16.9. The van der Waals surface area contributed by atoms with E-state index in [1.54, 1.807) is 0 Å². The van der Waals surface area contributed by atoms with Gasteiger partial charge >= 0.3 is 0 Å². The fourth-order valence-electron chi connectivity index (χ4n) is 1.80. The first-order valence-corrected chi connectivity index (χ1v) is 8.47. The summed E-state index contributed by atoms with van der Waals surface area (Å²) in [6, 6.07) is 0.491. The highest BCUT2D eigenvalue weighted by Gasteiger charge is 2.23. The number of rotatable bonds is 9. The third-order valence-electron chi connectivity index (χ3n) is 3.37. The predicted octanol–water partition coefficient (Wildman–Crippen LogP) is 2.61. The molecule has 0 aliphatic rings. The summed E-state index contributed by atoms with van der Waals surface area (Å²) in [5.41, 5.74) is 0. The van der Waals surface area contributed by atoms with Gasteiger partial charge in [-0.05, 0) is 39.2 Å². The van der Waals surface area contributed by atoms with Crippen molar-refractivity contribution in [2.75, 3.05) is 12.3 Å². The van der Waals surface area contributed by atoms with Crippen molar-refractivity contribution in [3.05, 3.63) is 0 Å². The van der Waals surface area contributed by atoms with Crippen molar-refractivity contribution in [3.8, 4) is 0 Å². The third-order valence-corrected chi connectivity index (χ3v) is 5.91. The predicted molar refractivity (Wildman–Crippen MR) is 75.1 cm³/mol. The molecular weight excluding hydrogens is 234 g/mol. The van der Waals surface area contributed by atoms with E-state index in [9.17, 15) is 8.42 Å². The first-order valence-electron chi connectivity index (χ1n) is 6.76. The average Bonchev–Trinajstić information content (AvgIpc) is 2.23. The second-order valence-corrected chi connectivity index (χ2v) is 7.75. The highest BCUT2D eigenvalue weighted by Crippen LogP contribution is 2.14. The Labute approximate surface area is 107 Å². The second kappa shape index (κ2) is 8.09. The molecule has 0 aliphatic heterocycles. The number of sulfone groups is 1. The molecule has 0 aromatic rings. The van der Waals surface area contributed by atoms with Crippen LogP contribution >= 0.6 is 0 Å². The minimum Gasteiger partial charge on any atom is -0.315 e. The van der Waals surface area contributed by atoms with Gasteiger partial charge in [0.25, 0.3) is 0 Å². The van der Waals surface area contributed by atoms with Crippen molar-refractivity contribution >= 4 is 9.84 Å². The van der Waals surface area contributed by atoms with E-state index in [4.69, 9.17) is 0 Å². The zero-order valence-electron chi connectivity index (χ0n) is 12.0.